The molecule has 0 saturated heterocycles. The highest BCUT2D eigenvalue weighted by molar-refractivity contribution is 5.87. The smallest absolute Gasteiger partial charge is 0.0668 e. The lowest BCUT2D eigenvalue weighted by atomic mass is 9.85. The molecule has 1 atom stereocenters. The fourth-order valence-electron chi connectivity index (χ4n) is 2.94. The molecule has 0 saturated carbocycles. The third-order valence-electron chi connectivity index (χ3n) is 3.93. The average molecular weight is 249 g/mol. The van der Waals surface area contributed by atoms with E-state index < -0.39 is 0 Å². The summed E-state index contributed by atoms with van der Waals surface area (Å²) in [5, 5.41) is 0. The first-order chi connectivity index (χ1) is 9.19. The van der Waals surface area contributed by atoms with Crippen molar-refractivity contribution in [3.8, 4) is 0 Å². The molecule has 0 N–H and O–H groups in total. The fraction of sp³-hybridized carbons (Fsp3) is 0.278. The van der Waals surface area contributed by atoms with E-state index in [1.54, 1.807) is 0 Å². The molecule has 2 aromatic carbocycles. The first-order valence-electron chi connectivity index (χ1n) is 6.94. The lowest BCUT2D eigenvalue weighted by Crippen LogP contribution is -2.02. The van der Waals surface area contributed by atoms with Gasteiger partial charge in [-0.2, -0.15) is 0 Å². The zero-order valence-corrected chi connectivity index (χ0v) is 11.8. The summed E-state index contributed by atoms with van der Waals surface area (Å²) in [6.45, 7) is 6.54. The van der Waals surface area contributed by atoms with Crippen LogP contribution >= 0.6 is 0 Å². The minimum absolute atomic E-state index is 0.452. The van der Waals surface area contributed by atoms with Gasteiger partial charge in [-0.15, -0.1) is 0 Å². The van der Waals surface area contributed by atoms with Crippen LogP contribution in [-0.4, -0.2) is 6.21 Å². The lowest BCUT2D eigenvalue weighted by Gasteiger charge is -2.18. The fourth-order valence-corrected chi connectivity index (χ4v) is 2.94. The quantitative estimate of drug-likeness (QED) is 0.681. The average Bonchev–Trinajstić information content (AvgIpc) is 2.54. The molecule has 1 unspecified atom stereocenters. The maximum atomic E-state index is 4.68. The van der Waals surface area contributed by atoms with Gasteiger partial charge in [0.15, 0.2) is 0 Å². The molecule has 19 heavy (non-hydrogen) atoms. The predicted molar refractivity (Wildman–Crippen MR) is 81.7 cm³/mol. The van der Waals surface area contributed by atoms with E-state index in [2.05, 4.69) is 62.2 Å². The second-order valence-electron chi connectivity index (χ2n) is 5.41. The molecule has 1 nitrogen and oxygen atoms in total. The second-order valence-corrected chi connectivity index (χ2v) is 5.41. The summed E-state index contributed by atoms with van der Waals surface area (Å²) in [6.07, 6.45) is 3.13. The van der Waals surface area contributed by atoms with Crippen molar-refractivity contribution in [2.45, 2.75) is 33.1 Å². The highest BCUT2D eigenvalue weighted by Gasteiger charge is 2.20. The van der Waals surface area contributed by atoms with Crippen LogP contribution in [0, 0.1) is 13.8 Å². The molecular weight excluding hydrogens is 230 g/mol. The normalized spacial score (nSPS) is 16.7. The molecule has 0 fully saturated rings. The van der Waals surface area contributed by atoms with Crippen LogP contribution in [0.4, 0.5) is 5.69 Å². The van der Waals surface area contributed by atoms with Crippen molar-refractivity contribution < 1.29 is 0 Å². The van der Waals surface area contributed by atoms with Crippen molar-refractivity contribution in [3.63, 3.8) is 0 Å². The van der Waals surface area contributed by atoms with Crippen LogP contribution < -0.4 is 0 Å². The number of benzene rings is 2. The van der Waals surface area contributed by atoms with Gasteiger partial charge in [0.05, 0.1) is 5.69 Å². The van der Waals surface area contributed by atoms with E-state index in [-0.39, 0.29) is 0 Å². The van der Waals surface area contributed by atoms with E-state index >= 15 is 0 Å². The number of hydrogen-bond donors (Lipinski definition) is 0. The van der Waals surface area contributed by atoms with Gasteiger partial charge in [0.2, 0.25) is 0 Å². The van der Waals surface area contributed by atoms with Gasteiger partial charge in [0, 0.05) is 12.1 Å². The number of fused-ring (bicyclic) bond motifs is 2. The summed E-state index contributed by atoms with van der Waals surface area (Å²) in [5.41, 5.74) is 7.75. The molecule has 0 bridgehead atoms. The monoisotopic (exact) mass is 249 g/mol. The number of hydrogen-bond acceptors (Lipinski definition) is 1. The van der Waals surface area contributed by atoms with Crippen LogP contribution in [0.5, 0.6) is 0 Å². The lowest BCUT2D eigenvalue weighted by molar-refractivity contribution is 0.778. The number of aliphatic imine (C=N–C) groups is 1. The van der Waals surface area contributed by atoms with Crippen molar-refractivity contribution in [1.82, 2.24) is 0 Å². The Hall–Kier alpha value is -1.89. The Balaban J connectivity index is 2.25. The Morgan fingerprint density at radius 1 is 0.947 bits per heavy atom. The first-order valence-corrected chi connectivity index (χ1v) is 6.94. The summed E-state index contributed by atoms with van der Waals surface area (Å²) in [7, 11) is 0. The molecule has 1 heteroatoms. The molecule has 0 aromatic heterocycles. The zero-order valence-electron chi connectivity index (χ0n) is 11.8. The summed E-state index contributed by atoms with van der Waals surface area (Å²) < 4.78 is 0. The molecule has 0 aliphatic carbocycles. The van der Waals surface area contributed by atoms with Crippen LogP contribution in [0.3, 0.4) is 0 Å². The van der Waals surface area contributed by atoms with E-state index in [9.17, 15) is 0 Å². The molecule has 1 aliphatic heterocycles. The van der Waals surface area contributed by atoms with Crippen molar-refractivity contribution >= 4 is 11.9 Å². The maximum absolute atomic E-state index is 4.68. The van der Waals surface area contributed by atoms with Crippen molar-refractivity contribution in [1.29, 1.82) is 0 Å². The van der Waals surface area contributed by atoms with Gasteiger partial charge in [0.1, 0.15) is 0 Å². The summed E-state index contributed by atoms with van der Waals surface area (Å²) in [5.74, 6) is 0.452. The number of nitrogens with zero attached hydrogens (tertiary/aromatic N) is 1. The van der Waals surface area contributed by atoms with Gasteiger partial charge >= 0.3 is 0 Å². The minimum Gasteiger partial charge on any atom is -0.256 e. The van der Waals surface area contributed by atoms with Crippen LogP contribution in [-0.2, 0) is 0 Å². The Kier molecular flexibility index (Phi) is 2.98. The SMILES string of the molecule is CCC1c2ccc(C)cc2C=Nc2ccc(C)cc21. The van der Waals surface area contributed by atoms with E-state index in [4.69, 9.17) is 0 Å². The highest BCUT2D eigenvalue weighted by Crippen LogP contribution is 2.38. The van der Waals surface area contributed by atoms with Crippen LogP contribution in [0.1, 0.15) is 47.1 Å². The summed E-state index contributed by atoms with van der Waals surface area (Å²) in [6, 6.07) is 13.3. The molecule has 0 radical (unpaired) electrons. The van der Waals surface area contributed by atoms with Gasteiger partial charge in [0.25, 0.3) is 0 Å². The van der Waals surface area contributed by atoms with Crippen molar-refractivity contribution in [2.75, 3.05) is 0 Å². The standard InChI is InChI=1S/C18H19N/c1-4-15-16-7-5-12(2)9-14(16)11-19-18-8-6-13(3)10-17(15)18/h5-11,15H,4H2,1-3H3. The Morgan fingerprint density at radius 3 is 2.47 bits per heavy atom. The maximum Gasteiger partial charge on any atom is 0.0668 e. The molecule has 2 aromatic rings. The predicted octanol–water partition coefficient (Wildman–Crippen LogP) is 4.91. The summed E-state index contributed by atoms with van der Waals surface area (Å²) in [4.78, 5) is 4.68. The molecular formula is C18H19N. The molecule has 1 heterocycles. The van der Waals surface area contributed by atoms with E-state index in [0.717, 1.165) is 12.1 Å². The topological polar surface area (TPSA) is 12.4 Å². The zero-order chi connectivity index (χ0) is 13.4. The highest BCUT2D eigenvalue weighted by atomic mass is 14.7. The van der Waals surface area contributed by atoms with Gasteiger partial charge in [-0.05, 0) is 43.0 Å². The van der Waals surface area contributed by atoms with Gasteiger partial charge < -0.3 is 0 Å². The number of rotatable bonds is 1. The molecule has 1 aliphatic rings. The van der Waals surface area contributed by atoms with Gasteiger partial charge in [-0.25, -0.2) is 0 Å². The molecule has 0 spiro atoms. The van der Waals surface area contributed by atoms with Crippen LogP contribution in [0.15, 0.2) is 41.4 Å². The van der Waals surface area contributed by atoms with E-state index in [0.29, 0.717) is 5.92 Å². The Labute approximate surface area is 115 Å². The minimum atomic E-state index is 0.452. The van der Waals surface area contributed by atoms with Crippen molar-refractivity contribution in [3.05, 3.63) is 64.2 Å². The van der Waals surface area contributed by atoms with Crippen molar-refractivity contribution in [2.24, 2.45) is 4.99 Å². The van der Waals surface area contributed by atoms with Gasteiger partial charge in [-0.3, -0.25) is 4.99 Å². The third-order valence-corrected chi connectivity index (χ3v) is 3.93. The molecule has 96 valence electrons. The van der Waals surface area contributed by atoms with E-state index in [1.807, 2.05) is 6.21 Å². The van der Waals surface area contributed by atoms with Gasteiger partial charge in [-0.1, -0.05) is 48.4 Å². The molecule has 3 rings (SSSR count). The van der Waals surface area contributed by atoms with Crippen LogP contribution in [0.2, 0.25) is 0 Å². The Morgan fingerprint density at radius 2 is 1.68 bits per heavy atom. The van der Waals surface area contributed by atoms with E-state index in [1.165, 1.54) is 27.8 Å². The first kappa shape index (κ1) is 12.2. The second kappa shape index (κ2) is 4.65. The summed E-state index contributed by atoms with van der Waals surface area (Å²) >= 11 is 0. The van der Waals surface area contributed by atoms with Crippen LogP contribution in [0.25, 0.3) is 0 Å². The molecule has 0 amide bonds. The Bertz CT molecular complexity index is 653. The number of aryl methyl sites for hydroxylation is 2. The third kappa shape index (κ3) is 2.10. The largest absolute Gasteiger partial charge is 0.256 e.